The van der Waals surface area contributed by atoms with E-state index >= 15 is 0 Å². The third-order valence-corrected chi connectivity index (χ3v) is 5.93. The molecular formula is C20H21NSi. The highest BCUT2D eigenvalue weighted by Gasteiger charge is 2.16. The molecule has 2 aromatic carbocycles. The third-order valence-electron chi connectivity index (χ3n) is 3.89. The van der Waals surface area contributed by atoms with Gasteiger partial charge in [0.1, 0.15) is 0 Å². The zero-order valence-electron chi connectivity index (χ0n) is 13.4. The molecule has 1 aromatic heterocycles. The van der Waals surface area contributed by atoms with Crippen LogP contribution in [0.3, 0.4) is 0 Å². The molecule has 110 valence electrons. The Morgan fingerprint density at radius 2 is 1.36 bits per heavy atom. The van der Waals surface area contributed by atoms with Crippen molar-refractivity contribution in [3.8, 4) is 22.4 Å². The summed E-state index contributed by atoms with van der Waals surface area (Å²) in [6, 6.07) is 23.7. The van der Waals surface area contributed by atoms with Crippen LogP contribution >= 0.6 is 0 Å². The van der Waals surface area contributed by atoms with Crippen LogP contribution in [0.5, 0.6) is 0 Å². The van der Waals surface area contributed by atoms with Crippen LogP contribution in [0.25, 0.3) is 22.4 Å². The Hall–Kier alpha value is -2.19. The molecule has 0 amide bonds. The van der Waals surface area contributed by atoms with Gasteiger partial charge in [0, 0.05) is 11.8 Å². The standard InChI is InChI=1S/C20H21NSi/c1-22(2,3)19-11-7-9-17(15-19)16-8-6-10-18(14-16)20-12-4-5-13-21-20/h4-15H,1-3H3. The van der Waals surface area contributed by atoms with Crippen molar-refractivity contribution in [1.82, 2.24) is 4.98 Å². The Morgan fingerprint density at radius 3 is 2.05 bits per heavy atom. The molecule has 2 heteroatoms. The summed E-state index contributed by atoms with van der Waals surface area (Å²) in [4.78, 5) is 4.45. The van der Waals surface area contributed by atoms with E-state index in [1.807, 2.05) is 18.3 Å². The van der Waals surface area contributed by atoms with E-state index in [0.29, 0.717) is 0 Å². The van der Waals surface area contributed by atoms with Gasteiger partial charge in [0.05, 0.1) is 13.8 Å². The molecule has 1 heterocycles. The number of pyridine rings is 1. The van der Waals surface area contributed by atoms with Crippen molar-refractivity contribution in [2.24, 2.45) is 0 Å². The van der Waals surface area contributed by atoms with Gasteiger partial charge in [-0.1, -0.05) is 73.4 Å². The predicted octanol–water partition coefficient (Wildman–Crippen LogP) is 4.96. The van der Waals surface area contributed by atoms with Crippen molar-refractivity contribution in [2.75, 3.05) is 0 Å². The van der Waals surface area contributed by atoms with Crippen LogP contribution < -0.4 is 5.19 Å². The van der Waals surface area contributed by atoms with Gasteiger partial charge in [-0.25, -0.2) is 0 Å². The van der Waals surface area contributed by atoms with Gasteiger partial charge in [0.2, 0.25) is 0 Å². The van der Waals surface area contributed by atoms with Gasteiger partial charge in [-0.05, 0) is 29.3 Å². The molecule has 0 radical (unpaired) electrons. The lowest BCUT2D eigenvalue weighted by molar-refractivity contribution is 1.33. The van der Waals surface area contributed by atoms with E-state index in [-0.39, 0.29) is 0 Å². The van der Waals surface area contributed by atoms with Gasteiger partial charge in [-0.3, -0.25) is 4.98 Å². The second kappa shape index (κ2) is 5.89. The molecule has 3 rings (SSSR count). The first-order valence-electron chi connectivity index (χ1n) is 7.66. The van der Waals surface area contributed by atoms with Gasteiger partial charge in [0.25, 0.3) is 0 Å². The fourth-order valence-corrected chi connectivity index (χ4v) is 3.74. The van der Waals surface area contributed by atoms with E-state index < -0.39 is 8.07 Å². The minimum absolute atomic E-state index is 1.02. The van der Waals surface area contributed by atoms with Crippen LogP contribution in [0.1, 0.15) is 0 Å². The highest BCUT2D eigenvalue weighted by molar-refractivity contribution is 6.88. The maximum atomic E-state index is 4.45. The molecule has 0 fully saturated rings. The van der Waals surface area contributed by atoms with E-state index in [2.05, 4.69) is 79.2 Å². The molecule has 0 bridgehead atoms. The number of hydrogen-bond acceptors (Lipinski definition) is 1. The fraction of sp³-hybridized carbons (Fsp3) is 0.150. The number of aromatic nitrogens is 1. The molecule has 22 heavy (non-hydrogen) atoms. The largest absolute Gasteiger partial charge is 0.256 e. The minimum atomic E-state index is -1.29. The van der Waals surface area contributed by atoms with Gasteiger partial charge in [-0.2, -0.15) is 0 Å². The maximum Gasteiger partial charge on any atom is 0.0776 e. The Morgan fingerprint density at radius 1 is 0.682 bits per heavy atom. The monoisotopic (exact) mass is 303 g/mol. The Balaban J connectivity index is 2.03. The summed E-state index contributed by atoms with van der Waals surface area (Å²) in [5, 5.41) is 1.49. The lowest BCUT2D eigenvalue weighted by Gasteiger charge is -2.17. The lowest BCUT2D eigenvalue weighted by Crippen LogP contribution is -2.37. The first kappa shape index (κ1) is 14.7. The zero-order chi connectivity index (χ0) is 15.6. The summed E-state index contributed by atoms with van der Waals surface area (Å²) in [7, 11) is -1.29. The van der Waals surface area contributed by atoms with Crippen LogP contribution in [0.4, 0.5) is 0 Å². The smallest absolute Gasteiger partial charge is 0.0776 e. The zero-order valence-corrected chi connectivity index (χ0v) is 14.4. The average Bonchev–Trinajstić information content (AvgIpc) is 2.55. The van der Waals surface area contributed by atoms with Crippen LogP contribution in [0, 0.1) is 0 Å². The SMILES string of the molecule is C[Si](C)(C)c1cccc(-c2cccc(-c3ccccn3)c2)c1. The van der Waals surface area contributed by atoms with Crippen LogP contribution in [-0.4, -0.2) is 13.1 Å². The molecule has 0 spiro atoms. The van der Waals surface area contributed by atoms with Crippen molar-refractivity contribution < 1.29 is 0 Å². The topological polar surface area (TPSA) is 12.9 Å². The van der Waals surface area contributed by atoms with E-state index in [0.717, 1.165) is 11.3 Å². The molecular weight excluding hydrogens is 282 g/mol. The lowest BCUT2D eigenvalue weighted by atomic mass is 10.0. The van der Waals surface area contributed by atoms with E-state index in [1.54, 1.807) is 0 Å². The second-order valence-corrected chi connectivity index (χ2v) is 11.7. The molecule has 0 atom stereocenters. The molecule has 0 saturated carbocycles. The van der Waals surface area contributed by atoms with Gasteiger partial charge in [-0.15, -0.1) is 0 Å². The van der Waals surface area contributed by atoms with Gasteiger partial charge >= 0.3 is 0 Å². The summed E-state index contributed by atoms with van der Waals surface area (Å²) in [5.74, 6) is 0. The third kappa shape index (κ3) is 3.17. The number of hydrogen-bond donors (Lipinski definition) is 0. The van der Waals surface area contributed by atoms with E-state index in [9.17, 15) is 0 Å². The quantitative estimate of drug-likeness (QED) is 0.623. The fourth-order valence-electron chi connectivity index (χ4n) is 2.56. The summed E-state index contributed by atoms with van der Waals surface area (Å²) in [6.07, 6.45) is 1.84. The number of rotatable bonds is 3. The maximum absolute atomic E-state index is 4.45. The Kier molecular flexibility index (Phi) is 3.95. The summed E-state index contributed by atoms with van der Waals surface area (Å²) in [5.41, 5.74) is 4.73. The van der Waals surface area contributed by atoms with Crippen molar-refractivity contribution in [3.05, 3.63) is 72.9 Å². The highest BCUT2D eigenvalue weighted by Crippen LogP contribution is 2.25. The van der Waals surface area contributed by atoms with E-state index in [4.69, 9.17) is 0 Å². The van der Waals surface area contributed by atoms with Crippen molar-refractivity contribution >= 4 is 13.3 Å². The summed E-state index contributed by atoms with van der Waals surface area (Å²) >= 11 is 0. The molecule has 0 aliphatic heterocycles. The van der Waals surface area contributed by atoms with Gasteiger partial charge in [0.15, 0.2) is 0 Å². The first-order valence-corrected chi connectivity index (χ1v) is 11.2. The highest BCUT2D eigenvalue weighted by atomic mass is 28.3. The normalized spacial score (nSPS) is 11.4. The van der Waals surface area contributed by atoms with Gasteiger partial charge < -0.3 is 0 Å². The molecule has 0 unspecified atom stereocenters. The summed E-state index contributed by atoms with van der Waals surface area (Å²) < 4.78 is 0. The Bertz CT molecular complexity index is 773. The van der Waals surface area contributed by atoms with Crippen LogP contribution in [0.2, 0.25) is 19.6 Å². The van der Waals surface area contributed by atoms with Crippen LogP contribution in [0.15, 0.2) is 72.9 Å². The number of nitrogens with zero attached hydrogens (tertiary/aromatic N) is 1. The minimum Gasteiger partial charge on any atom is -0.256 e. The molecule has 0 aliphatic rings. The van der Waals surface area contributed by atoms with Crippen molar-refractivity contribution in [1.29, 1.82) is 0 Å². The second-order valence-electron chi connectivity index (χ2n) is 6.63. The average molecular weight is 303 g/mol. The molecule has 0 aliphatic carbocycles. The predicted molar refractivity (Wildman–Crippen MR) is 98.1 cm³/mol. The van der Waals surface area contributed by atoms with Crippen LogP contribution in [-0.2, 0) is 0 Å². The number of benzene rings is 2. The molecule has 0 saturated heterocycles. The summed E-state index contributed by atoms with van der Waals surface area (Å²) in [6.45, 7) is 7.16. The van der Waals surface area contributed by atoms with Crippen molar-refractivity contribution in [2.45, 2.75) is 19.6 Å². The van der Waals surface area contributed by atoms with E-state index in [1.165, 1.54) is 16.3 Å². The first-order chi connectivity index (χ1) is 10.5. The molecule has 3 aromatic rings. The molecule has 0 N–H and O–H groups in total. The van der Waals surface area contributed by atoms with Crippen molar-refractivity contribution in [3.63, 3.8) is 0 Å². The Labute approximate surface area is 133 Å². The molecule has 1 nitrogen and oxygen atoms in total.